The van der Waals surface area contributed by atoms with Crippen molar-refractivity contribution < 1.29 is 40.9 Å². The van der Waals surface area contributed by atoms with E-state index in [2.05, 4.69) is 10.2 Å². The quantitative estimate of drug-likeness (QED) is 0.203. The summed E-state index contributed by atoms with van der Waals surface area (Å²) < 4.78 is 61.1. The number of methoxy groups -OCH3 is 2. The van der Waals surface area contributed by atoms with Crippen molar-refractivity contribution in [2.24, 2.45) is 0 Å². The summed E-state index contributed by atoms with van der Waals surface area (Å²) in [7, 11) is -1.54. The number of carbonyl (C=O) groups excluding carboxylic acids is 1. The second kappa shape index (κ2) is 14.3. The van der Waals surface area contributed by atoms with Crippen LogP contribution in [0.4, 0.5) is 10.1 Å². The molecule has 206 valence electrons. The topological polar surface area (TPSA) is 161 Å². The van der Waals surface area contributed by atoms with Crippen molar-refractivity contribution in [2.75, 3.05) is 46.2 Å². The van der Waals surface area contributed by atoms with Crippen molar-refractivity contribution in [3.8, 4) is 11.5 Å². The van der Waals surface area contributed by atoms with Crippen LogP contribution in [0.15, 0.2) is 36.4 Å². The maximum absolute atomic E-state index is 12.9. The fourth-order valence-corrected chi connectivity index (χ4v) is 3.92. The van der Waals surface area contributed by atoms with Crippen molar-refractivity contribution in [1.82, 2.24) is 10.2 Å². The third kappa shape index (κ3) is 10.7. The molecule has 0 aliphatic carbocycles. The van der Waals surface area contributed by atoms with Crippen molar-refractivity contribution in [1.29, 1.82) is 0 Å². The van der Waals surface area contributed by atoms with Crippen molar-refractivity contribution in [3.63, 3.8) is 0 Å². The zero-order valence-electron chi connectivity index (χ0n) is 20.4. The van der Waals surface area contributed by atoms with Crippen LogP contribution in [-0.4, -0.2) is 80.9 Å². The SMILES string of the molecule is COc1cc(N)c(Cl)cc1C(=O)NC1CCN(CCCOc2ccc(F)cc2)CC1OC.O=S(=O)(O)O. The summed E-state index contributed by atoms with van der Waals surface area (Å²) in [4.78, 5) is 15.1. The molecule has 0 radical (unpaired) electrons. The Bertz CT molecular complexity index is 1130. The highest BCUT2D eigenvalue weighted by Gasteiger charge is 2.31. The van der Waals surface area contributed by atoms with Crippen LogP contribution in [0.2, 0.25) is 5.02 Å². The summed E-state index contributed by atoms with van der Waals surface area (Å²) in [5.74, 6) is 0.463. The molecule has 1 heterocycles. The number of carbonyl (C=O) groups is 1. The van der Waals surface area contributed by atoms with Gasteiger partial charge in [0.25, 0.3) is 5.91 Å². The minimum atomic E-state index is -4.67. The largest absolute Gasteiger partial charge is 0.496 e. The second-order valence-electron chi connectivity index (χ2n) is 8.12. The smallest absolute Gasteiger partial charge is 0.394 e. The summed E-state index contributed by atoms with van der Waals surface area (Å²) in [5, 5.41) is 3.35. The minimum Gasteiger partial charge on any atom is -0.496 e. The maximum Gasteiger partial charge on any atom is 0.394 e. The van der Waals surface area contributed by atoms with Gasteiger partial charge in [-0.05, 0) is 43.2 Å². The summed E-state index contributed by atoms with van der Waals surface area (Å²) in [6.45, 7) is 2.89. The number of nitrogens with two attached hydrogens (primary N) is 1. The van der Waals surface area contributed by atoms with Gasteiger partial charge in [-0.3, -0.25) is 13.9 Å². The van der Waals surface area contributed by atoms with Gasteiger partial charge >= 0.3 is 10.4 Å². The molecule has 11 nitrogen and oxygen atoms in total. The number of hydrogen-bond donors (Lipinski definition) is 4. The number of halogens is 2. The predicted molar refractivity (Wildman–Crippen MR) is 136 cm³/mol. The van der Waals surface area contributed by atoms with Gasteiger partial charge in [0, 0.05) is 32.8 Å². The standard InChI is InChI=1S/C23H29ClFN3O4.H2O4S/c1-30-21-13-19(26)18(24)12-17(21)23(29)27-20-8-10-28(14-22(20)31-2)9-3-11-32-16-6-4-15(25)5-7-16;1-5(2,3)4/h4-7,12-13,20,22H,3,8-11,14,26H2,1-2H3,(H,27,29);(H2,1,2,3,4). The molecule has 0 saturated carbocycles. The Morgan fingerprint density at radius 3 is 2.49 bits per heavy atom. The molecule has 37 heavy (non-hydrogen) atoms. The van der Waals surface area contributed by atoms with Crippen LogP contribution in [0.25, 0.3) is 0 Å². The zero-order chi connectivity index (χ0) is 27.6. The Morgan fingerprint density at radius 2 is 1.89 bits per heavy atom. The number of rotatable bonds is 9. The first kappa shape index (κ1) is 30.5. The number of anilines is 1. The van der Waals surface area contributed by atoms with Gasteiger partial charge in [-0.1, -0.05) is 11.6 Å². The fourth-order valence-electron chi connectivity index (χ4n) is 3.76. The third-order valence-electron chi connectivity index (χ3n) is 5.53. The lowest BCUT2D eigenvalue weighted by Crippen LogP contribution is -2.55. The molecule has 2 unspecified atom stereocenters. The van der Waals surface area contributed by atoms with Gasteiger partial charge in [0.2, 0.25) is 0 Å². The van der Waals surface area contributed by atoms with Gasteiger partial charge in [-0.2, -0.15) is 8.42 Å². The molecule has 1 saturated heterocycles. The number of nitrogen functional groups attached to an aromatic ring is 1. The van der Waals surface area contributed by atoms with Gasteiger partial charge in [0.15, 0.2) is 0 Å². The number of amides is 1. The number of likely N-dealkylation sites (tertiary alicyclic amines) is 1. The molecule has 0 bridgehead atoms. The molecular weight excluding hydrogens is 533 g/mol. The average molecular weight is 564 g/mol. The van der Waals surface area contributed by atoms with Gasteiger partial charge in [0.05, 0.1) is 42.1 Å². The van der Waals surface area contributed by atoms with E-state index in [9.17, 15) is 9.18 Å². The van der Waals surface area contributed by atoms with E-state index >= 15 is 0 Å². The Labute approximate surface area is 220 Å². The molecule has 2 aromatic rings. The van der Waals surface area contributed by atoms with E-state index in [1.165, 1.54) is 25.3 Å². The fraction of sp³-hybridized carbons (Fsp3) is 0.435. The molecule has 1 aliphatic rings. The molecule has 2 atom stereocenters. The van der Waals surface area contributed by atoms with E-state index < -0.39 is 10.4 Å². The van der Waals surface area contributed by atoms with Crippen LogP contribution in [0.3, 0.4) is 0 Å². The summed E-state index contributed by atoms with van der Waals surface area (Å²) in [6, 6.07) is 8.92. The van der Waals surface area contributed by atoms with E-state index in [4.69, 9.17) is 49.1 Å². The van der Waals surface area contributed by atoms with E-state index in [1.807, 2.05) is 0 Å². The first-order valence-corrected chi connectivity index (χ1v) is 13.0. The first-order valence-electron chi connectivity index (χ1n) is 11.2. The molecule has 0 aromatic heterocycles. The monoisotopic (exact) mass is 563 g/mol. The number of nitrogens with zero attached hydrogens (tertiary/aromatic N) is 1. The van der Waals surface area contributed by atoms with Crippen LogP contribution in [0, 0.1) is 5.82 Å². The van der Waals surface area contributed by atoms with E-state index in [0.717, 1.165) is 25.9 Å². The molecule has 1 aliphatic heterocycles. The van der Waals surface area contributed by atoms with Crippen molar-refractivity contribution in [3.05, 3.63) is 52.8 Å². The summed E-state index contributed by atoms with van der Waals surface area (Å²) in [6.07, 6.45) is 1.42. The van der Waals surface area contributed by atoms with E-state index in [0.29, 0.717) is 40.9 Å². The molecule has 5 N–H and O–H groups in total. The molecule has 0 spiro atoms. The van der Waals surface area contributed by atoms with Crippen LogP contribution >= 0.6 is 11.6 Å². The molecule has 1 fully saturated rings. The van der Waals surface area contributed by atoms with Crippen molar-refractivity contribution in [2.45, 2.75) is 25.0 Å². The van der Waals surface area contributed by atoms with Crippen LogP contribution < -0.4 is 20.5 Å². The van der Waals surface area contributed by atoms with Gasteiger partial charge in [0.1, 0.15) is 17.3 Å². The van der Waals surface area contributed by atoms with Gasteiger partial charge in [-0.25, -0.2) is 4.39 Å². The van der Waals surface area contributed by atoms with Gasteiger partial charge < -0.3 is 30.2 Å². The Balaban J connectivity index is 0.000000877. The lowest BCUT2D eigenvalue weighted by Gasteiger charge is -2.38. The highest BCUT2D eigenvalue weighted by atomic mass is 35.5. The summed E-state index contributed by atoms with van der Waals surface area (Å²) >= 11 is 6.09. The lowest BCUT2D eigenvalue weighted by atomic mass is 10.0. The molecule has 14 heteroatoms. The predicted octanol–water partition coefficient (Wildman–Crippen LogP) is 2.71. The molecule has 1 amide bonds. The maximum atomic E-state index is 12.9. The highest BCUT2D eigenvalue weighted by Crippen LogP contribution is 2.29. The first-order chi connectivity index (χ1) is 17.4. The van der Waals surface area contributed by atoms with Crippen LogP contribution in [-0.2, 0) is 15.1 Å². The lowest BCUT2D eigenvalue weighted by molar-refractivity contribution is 0.00527. The highest BCUT2D eigenvalue weighted by molar-refractivity contribution is 7.79. The van der Waals surface area contributed by atoms with E-state index in [-0.39, 0.29) is 23.9 Å². The number of ether oxygens (including phenoxy) is 3. The van der Waals surface area contributed by atoms with Crippen LogP contribution in [0.1, 0.15) is 23.2 Å². The van der Waals surface area contributed by atoms with Crippen molar-refractivity contribution >= 4 is 33.6 Å². The van der Waals surface area contributed by atoms with E-state index in [1.54, 1.807) is 25.3 Å². The molecule has 3 rings (SSSR count). The summed E-state index contributed by atoms with van der Waals surface area (Å²) in [5.41, 5.74) is 6.49. The third-order valence-corrected chi connectivity index (χ3v) is 5.85. The molecular formula is C23H31ClFN3O8S. The minimum absolute atomic E-state index is 0.139. The van der Waals surface area contributed by atoms with Gasteiger partial charge in [-0.15, -0.1) is 0 Å². The number of nitrogens with one attached hydrogen (secondary N) is 1. The van der Waals surface area contributed by atoms with Crippen LogP contribution in [0.5, 0.6) is 11.5 Å². The Morgan fingerprint density at radius 1 is 1.24 bits per heavy atom. The zero-order valence-corrected chi connectivity index (χ0v) is 22.0. The molecule has 2 aromatic carbocycles. The Hall–Kier alpha value is -2.68. The average Bonchev–Trinajstić information content (AvgIpc) is 2.84. The number of hydrogen-bond acceptors (Lipinski definition) is 8. The number of benzene rings is 2. The normalized spacial score (nSPS) is 17.9. The number of piperidine rings is 1. The Kier molecular flexibility index (Phi) is 11.8. The second-order valence-corrected chi connectivity index (χ2v) is 9.42.